The average Bonchev–Trinajstić information content (AvgIpc) is 3.36. The Hall–Kier alpha value is -2.20. The summed E-state index contributed by atoms with van der Waals surface area (Å²) in [5.41, 5.74) is 4.31. The Morgan fingerprint density at radius 2 is 1.38 bits per heavy atom. The standard InChI is InChI=1S/C28H24N2S.2ClH.Fe/c1-19(29-23-12-4-3-5-13-23)26-16-17-27(31-26)20(2)30-28-24-14-8-6-10-21(24)18-22-11-7-9-15-25(22)28;;;/h3-4,6-12,14-18H,5,13H2,1-2H3;2*1H;/q;;;+2/p-2. The molecule has 0 bridgehead atoms. The second-order valence-corrected chi connectivity index (χ2v) is 10.8. The number of rotatable bonds is 4. The van der Waals surface area contributed by atoms with E-state index in [9.17, 15) is 0 Å². The third-order valence-electron chi connectivity index (χ3n) is 5.64. The van der Waals surface area contributed by atoms with E-state index >= 15 is 0 Å². The van der Waals surface area contributed by atoms with Crippen molar-refractivity contribution in [3.8, 4) is 0 Å². The summed E-state index contributed by atoms with van der Waals surface area (Å²) in [5, 5.41) is 4.81. The van der Waals surface area contributed by atoms with Crippen molar-refractivity contribution < 1.29 is 13.1 Å². The van der Waals surface area contributed by atoms with Gasteiger partial charge in [-0.05, 0) is 61.7 Å². The first-order valence-electron chi connectivity index (χ1n) is 10.9. The molecule has 0 saturated heterocycles. The number of benzene rings is 3. The molecule has 0 atom stereocenters. The first-order valence-corrected chi connectivity index (χ1v) is 14.8. The van der Waals surface area contributed by atoms with Gasteiger partial charge in [-0.1, -0.05) is 60.7 Å². The molecule has 4 aromatic rings. The Labute approximate surface area is 219 Å². The van der Waals surface area contributed by atoms with E-state index in [1.165, 1.54) is 31.3 Å². The van der Waals surface area contributed by atoms with Gasteiger partial charge < -0.3 is 0 Å². The van der Waals surface area contributed by atoms with Crippen molar-refractivity contribution in [2.75, 3.05) is 0 Å². The third-order valence-corrected chi connectivity index (χ3v) is 6.95. The van der Waals surface area contributed by atoms with Crippen molar-refractivity contribution in [3.63, 3.8) is 0 Å². The van der Waals surface area contributed by atoms with E-state index in [4.69, 9.17) is 30.2 Å². The fourth-order valence-electron chi connectivity index (χ4n) is 4.01. The van der Waals surface area contributed by atoms with Crippen molar-refractivity contribution in [2.24, 2.45) is 9.98 Å². The van der Waals surface area contributed by atoms with E-state index in [0.29, 0.717) is 0 Å². The van der Waals surface area contributed by atoms with Crippen LogP contribution in [0.1, 0.15) is 36.4 Å². The molecule has 5 rings (SSSR count). The zero-order valence-corrected chi connectivity index (χ0v) is 22.3. The van der Waals surface area contributed by atoms with Crippen LogP contribution in [-0.2, 0) is 13.1 Å². The molecule has 1 aliphatic rings. The predicted octanol–water partition coefficient (Wildman–Crippen LogP) is 9.61. The van der Waals surface area contributed by atoms with Crippen LogP contribution in [0.25, 0.3) is 21.5 Å². The van der Waals surface area contributed by atoms with Crippen LogP contribution in [0.4, 0.5) is 5.69 Å². The number of halogens is 2. The van der Waals surface area contributed by atoms with Crippen LogP contribution < -0.4 is 0 Å². The average molecular weight is 547 g/mol. The van der Waals surface area contributed by atoms with Gasteiger partial charge in [0.1, 0.15) is 0 Å². The van der Waals surface area contributed by atoms with E-state index in [1.807, 2.05) is 0 Å². The molecule has 6 heteroatoms. The first-order chi connectivity index (χ1) is 16.6. The van der Waals surface area contributed by atoms with Gasteiger partial charge in [0.25, 0.3) is 0 Å². The Balaban J connectivity index is 0.000000868. The molecule has 1 aliphatic carbocycles. The maximum absolute atomic E-state index is 5.14. The molecule has 0 amide bonds. The summed E-state index contributed by atoms with van der Waals surface area (Å²) in [6.07, 6.45) is 8.48. The third kappa shape index (κ3) is 5.89. The molecule has 1 heterocycles. The van der Waals surface area contributed by atoms with Crippen LogP contribution in [-0.4, -0.2) is 11.4 Å². The fourth-order valence-corrected chi connectivity index (χ4v) is 4.91. The normalized spacial score (nSPS) is 14.3. The van der Waals surface area contributed by atoms with Gasteiger partial charge >= 0.3 is 33.3 Å². The van der Waals surface area contributed by atoms with Crippen molar-refractivity contribution >= 4 is 70.2 Å². The second-order valence-electron chi connectivity index (χ2n) is 7.90. The number of hydrogen-bond acceptors (Lipinski definition) is 3. The number of thiophene rings is 1. The van der Waals surface area contributed by atoms with Gasteiger partial charge in [-0.3, -0.25) is 9.98 Å². The van der Waals surface area contributed by atoms with E-state index in [0.717, 1.165) is 35.6 Å². The number of aliphatic imine (C=N–C) groups is 2. The monoisotopic (exact) mass is 546 g/mol. The minimum absolute atomic E-state index is 0.194. The van der Waals surface area contributed by atoms with Crippen LogP contribution in [0.15, 0.2) is 101 Å². The Kier molecular flexibility index (Phi) is 8.77. The summed E-state index contributed by atoms with van der Waals surface area (Å²) in [7, 11) is 9.53. The van der Waals surface area contributed by atoms with Crippen LogP contribution in [0, 0.1) is 0 Å². The van der Waals surface area contributed by atoms with Gasteiger partial charge in [-0.2, -0.15) is 0 Å². The molecule has 0 N–H and O–H groups in total. The molecule has 0 spiro atoms. The molecule has 174 valence electrons. The first kappa shape index (κ1) is 24.9. The molecule has 0 saturated carbocycles. The van der Waals surface area contributed by atoms with Gasteiger partial charge in [-0.25, -0.2) is 0 Å². The van der Waals surface area contributed by atoms with Crippen LogP contribution in [0.5, 0.6) is 0 Å². The number of allylic oxidation sites excluding steroid dienone is 4. The van der Waals surface area contributed by atoms with Crippen LogP contribution in [0.3, 0.4) is 0 Å². The van der Waals surface area contributed by atoms with Crippen molar-refractivity contribution in [1.82, 2.24) is 0 Å². The number of fused-ring (bicyclic) bond motifs is 2. The summed E-state index contributed by atoms with van der Waals surface area (Å²) in [6, 6.07) is 23.6. The zero-order chi connectivity index (χ0) is 23.9. The van der Waals surface area contributed by atoms with E-state index in [2.05, 4.69) is 98.8 Å². The molecule has 0 unspecified atom stereocenters. The SMILES string of the molecule is CC(=NC1=CC=CCC1)c1ccc(C(C)=Nc2c3ccccc3cc3ccccc23)s1.[Cl][Fe][Cl]. The molecule has 0 fully saturated rings. The van der Waals surface area contributed by atoms with Crippen molar-refractivity contribution in [1.29, 1.82) is 0 Å². The molecular weight excluding hydrogens is 523 g/mol. The topological polar surface area (TPSA) is 24.7 Å². The molecule has 34 heavy (non-hydrogen) atoms. The Morgan fingerprint density at radius 3 is 1.94 bits per heavy atom. The summed E-state index contributed by atoms with van der Waals surface area (Å²) in [6.45, 7) is 4.20. The fraction of sp³-hybridized carbons (Fsp3) is 0.143. The van der Waals surface area contributed by atoms with Gasteiger partial charge in [0.2, 0.25) is 0 Å². The summed E-state index contributed by atoms with van der Waals surface area (Å²) < 4.78 is 0. The second kappa shape index (κ2) is 12.0. The number of hydrogen-bond donors (Lipinski definition) is 0. The van der Waals surface area contributed by atoms with Crippen LogP contribution in [0.2, 0.25) is 0 Å². The summed E-state index contributed by atoms with van der Waals surface area (Å²) >= 11 is 1.96. The molecular formula is C28H24Cl2FeN2S. The zero-order valence-electron chi connectivity index (χ0n) is 18.9. The molecule has 2 nitrogen and oxygen atoms in total. The van der Waals surface area contributed by atoms with E-state index in [-0.39, 0.29) is 13.1 Å². The van der Waals surface area contributed by atoms with Gasteiger partial charge in [-0.15, -0.1) is 11.3 Å². The minimum atomic E-state index is 0.194. The Morgan fingerprint density at radius 1 is 0.824 bits per heavy atom. The van der Waals surface area contributed by atoms with E-state index in [1.54, 1.807) is 11.3 Å². The molecule has 0 aliphatic heterocycles. The van der Waals surface area contributed by atoms with Crippen LogP contribution >= 0.6 is 31.5 Å². The van der Waals surface area contributed by atoms with Gasteiger partial charge in [0, 0.05) is 26.2 Å². The van der Waals surface area contributed by atoms with Crippen molar-refractivity contribution in [3.05, 3.63) is 100 Å². The summed E-state index contributed by atoms with van der Waals surface area (Å²) in [4.78, 5) is 12.4. The molecule has 0 radical (unpaired) electrons. The molecule has 1 aromatic heterocycles. The van der Waals surface area contributed by atoms with Gasteiger partial charge in [0.05, 0.1) is 17.1 Å². The Bertz CT molecular complexity index is 1380. The summed E-state index contributed by atoms with van der Waals surface area (Å²) in [5.74, 6) is 0. The van der Waals surface area contributed by atoms with Gasteiger partial charge in [0.15, 0.2) is 0 Å². The van der Waals surface area contributed by atoms with Crippen molar-refractivity contribution in [2.45, 2.75) is 26.7 Å². The maximum atomic E-state index is 5.14. The molecule has 3 aromatic carbocycles. The quantitative estimate of drug-likeness (QED) is 0.138. The van der Waals surface area contributed by atoms with E-state index < -0.39 is 0 Å². The predicted molar refractivity (Wildman–Crippen MR) is 148 cm³/mol. The number of nitrogens with zero attached hydrogens (tertiary/aromatic N) is 2.